The number of aromatic hydroxyl groups is 1. The van der Waals surface area contributed by atoms with Gasteiger partial charge in [-0.15, -0.1) is 0 Å². The van der Waals surface area contributed by atoms with E-state index in [1.54, 1.807) is 19.2 Å². The van der Waals surface area contributed by atoms with Gasteiger partial charge in [0.15, 0.2) is 5.76 Å². The predicted octanol–water partition coefficient (Wildman–Crippen LogP) is 2.90. The average Bonchev–Trinajstić information content (AvgIpc) is 2.62. The van der Waals surface area contributed by atoms with Crippen LogP contribution >= 0.6 is 0 Å². The summed E-state index contributed by atoms with van der Waals surface area (Å²) in [7, 11) is 1.29. The van der Waals surface area contributed by atoms with Crippen molar-refractivity contribution in [2.45, 2.75) is 19.3 Å². The first-order valence-corrected chi connectivity index (χ1v) is 7.74. The van der Waals surface area contributed by atoms with Crippen molar-refractivity contribution in [3.05, 3.63) is 69.9 Å². The maximum absolute atomic E-state index is 11.9. The number of benzene rings is 1. The molecular weight excluding hydrogens is 322 g/mol. The summed E-state index contributed by atoms with van der Waals surface area (Å²) in [5.41, 5.74) is 0.976. The molecule has 3 rings (SSSR count). The van der Waals surface area contributed by atoms with Crippen molar-refractivity contribution in [3.8, 4) is 5.75 Å². The van der Waals surface area contributed by atoms with Crippen molar-refractivity contribution < 1.29 is 19.1 Å². The van der Waals surface area contributed by atoms with Crippen LogP contribution < -0.4 is 5.43 Å². The van der Waals surface area contributed by atoms with Crippen molar-refractivity contribution in [2.75, 3.05) is 7.11 Å². The lowest BCUT2D eigenvalue weighted by atomic mass is 9.91. The Morgan fingerprint density at radius 2 is 2.12 bits per heavy atom. The van der Waals surface area contributed by atoms with Crippen LogP contribution in [0.1, 0.15) is 29.4 Å². The van der Waals surface area contributed by atoms with E-state index in [0.29, 0.717) is 5.76 Å². The Bertz CT molecular complexity index is 993. The highest BCUT2D eigenvalue weighted by Crippen LogP contribution is 2.34. The quantitative estimate of drug-likeness (QED) is 0.735. The zero-order valence-electron chi connectivity index (χ0n) is 13.9. The Kier molecular flexibility index (Phi) is 4.52. The highest BCUT2D eigenvalue weighted by Gasteiger charge is 2.26. The van der Waals surface area contributed by atoms with Gasteiger partial charge in [0.1, 0.15) is 5.76 Å². The fourth-order valence-electron chi connectivity index (χ4n) is 2.78. The van der Waals surface area contributed by atoms with Gasteiger partial charge in [0, 0.05) is 17.6 Å². The van der Waals surface area contributed by atoms with Gasteiger partial charge in [0.2, 0.25) is 11.2 Å². The molecule has 6 heteroatoms. The lowest BCUT2D eigenvalue weighted by molar-refractivity contribution is -0.140. The zero-order chi connectivity index (χ0) is 18.0. The summed E-state index contributed by atoms with van der Waals surface area (Å²) < 4.78 is 10.3. The number of methoxy groups -OCH3 is 1. The van der Waals surface area contributed by atoms with Crippen molar-refractivity contribution in [1.82, 2.24) is 4.98 Å². The summed E-state index contributed by atoms with van der Waals surface area (Å²) in [4.78, 5) is 28.1. The fourth-order valence-corrected chi connectivity index (χ4v) is 2.78. The first-order valence-electron chi connectivity index (χ1n) is 7.74. The van der Waals surface area contributed by atoms with Crippen molar-refractivity contribution >= 4 is 16.9 Å². The van der Waals surface area contributed by atoms with E-state index in [0.717, 1.165) is 16.5 Å². The number of nitrogens with zero attached hydrogens (tertiary/aromatic N) is 1. The Morgan fingerprint density at radius 3 is 2.88 bits per heavy atom. The SMILES string of the molecule is COC(=O)C[C@@H](c1ccc2ncccc2c1)c1oc(C)cc(=O)c1O. The van der Waals surface area contributed by atoms with Crippen LogP contribution in [0.15, 0.2) is 51.8 Å². The molecule has 0 unspecified atom stereocenters. The fraction of sp³-hybridized carbons (Fsp3) is 0.211. The van der Waals surface area contributed by atoms with Crippen LogP contribution in [-0.4, -0.2) is 23.2 Å². The molecule has 3 aromatic rings. The molecule has 0 bridgehead atoms. The summed E-state index contributed by atoms with van der Waals surface area (Å²) >= 11 is 0. The number of fused-ring (bicyclic) bond motifs is 1. The molecule has 1 atom stereocenters. The number of hydrogen-bond acceptors (Lipinski definition) is 6. The molecule has 0 aliphatic heterocycles. The Labute approximate surface area is 143 Å². The molecule has 25 heavy (non-hydrogen) atoms. The van der Waals surface area contributed by atoms with Crippen molar-refractivity contribution in [1.29, 1.82) is 0 Å². The summed E-state index contributed by atoms with van der Waals surface area (Å²) in [6.07, 6.45) is 1.63. The van der Waals surface area contributed by atoms with E-state index in [2.05, 4.69) is 4.98 Å². The predicted molar refractivity (Wildman–Crippen MR) is 91.6 cm³/mol. The summed E-state index contributed by atoms with van der Waals surface area (Å²) in [6.45, 7) is 1.61. The first kappa shape index (κ1) is 16.7. The lowest BCUT2D eigenvalue weighted by Crippen LogP contribution is -2.13. The van der Waals surface area contributed by atoms with Gasteiger partial charge in [-0.25, -0.2) is 0 Å². The number of esters is 1. The Balaban J connectivity index is 2.17. The molecule has 6 nitrogen and oxygen atoms in total. The first-order chi connectivity index (χ1) is 12.0. The number of aromatic nitrogens is 1. The minimum absolute atomic E-state index is 0.0543. The van der Waals surface area contributed by atoms with Gasteiger partial charge in [-0.1, -0.05) is 12.1 Å². The lowest BCUT2D eigenvalue weighted by Gasteiger charge is -2.17. The maximum Gasteiger partial charge on any atom is 0.306 e. The number of rotatable bonds is 4. The van der Waals surface area contributed by atoms with Gasteiger partial charge in [-0.2, -0.15) is 0 Å². The highest BCUT2D eigenvalue weighted by atomic mass is 16.5. The standard InChI is InChI=1S/C19H17NO5/c1-11-8-16(21)18(23)19(25-11)14(10-17(22)24-2)12-5-6-15-13(9-12)4-3-7-20-15/h3-9,14,23H,10H2,1-2H3/t14-/m0/s1. The molecule has 2 aromatic heterocycles. The monoisotopic (exact) mass is 339 g/mol. The van der Waals surface area contributed by atoms with Gasteiger partial charge in [-0.05, 0) is 30.7 Å². The second-order valence-electron chi connectivity index (χ2n) is 5.72. The number of carbonyl (C=O) groups is 1. The van der Waals surface area contributed by atoms with E-state index in [9.17, 15) is 14.7 Å². The number of ether oxygens (including phenoxy) is 1. The summed E-state index contributed by atoms with van der Waals surface area (Å²) in [6, 6.07) is 10.4. The molecule has 0 saturated carbocycles. The van der Waals surface area contributed by atoms with Crippen LogP contribution in [-0.2, 0) is 9.53 Å². The zero-order valence-corrected chi connectivity index (χ0v) is 13.9. The van der Waals surface area contributed by atoms with E-state index >= 15 is 0 Å². The molecule has 0 saturated heterocycles. The van der Waals surface area contributed by atoms with Crippen LogP contribution in [0, 0.1) is 6.92 Å². The molecule has 0 spiro atoms. The molecule has 0 amide bonds. The molecular formula is C19H17NO5. The van der Waals surface area contributed by atoms with Gasteiger partial charge in [0.25, 0.3) is 0 Å². The number of hydrogen-bond donors (Lipinski definition) is 1. The average molecular weight is 339 g/mol. The van der Waals surface area contributed by atoms with Gasteiger partial charge in [-0.3, -0.25) is 14.6 Å². The largest absolute Gasteiger partial charge is 0.502 e. The minimum atomic E-state index is -0.648. The topological polar surface area (TPSA) is 89.6 Å². The van der Waals surface area contributed by atoms with Crippen LogP contribution in [0.25, 0.3) is 10.9 Å². The van der Waals surface area contributed by atoms with Crippen LogP contribution in [0.4, 0.5) is 0 Å². The molecule has 128 valence electrons. The highest BCUT2D eigenvalue weighted by molar-refractivity contribution is 5.80. The molecule has 2 heterocycles. The van der Waals surface area contributed by atoms with Crippen molar-refractivity contribution in [3.63, 3.8) is 0 Å². The molecule has 1 N–H and O–H groups in total. The Hall–Kier alpha value is -3.15. The van der Waals surface area contributed by atoms with Gasteiger partial charge in [0.05, 0.1) is 25.0 Å². The minimum Gasteiger partial charge on any atom is -0.502 e. The molecule has 0 aliphatic rings. The molecule has 0 fully saturated rings. The smallest absolute Gasteiger partial charge is 0.306 e. The van der Waals surface area contributed by atoms with E-state index in [1.165, 1.54) is 13.2 Å². The third-order valence-electron chi connectivity index (χ3n) is 4.02. The van der Waals surface area contributed by atoms with Crippen LogP contribution in [0.3, 0.4) is 0 Å². The van der Waals surface area contributed by atoms with Crippen LogP contribution in [0.2, 0.25) is 0 Å². The molecule has 1 aromatic carbocycles. The summed E-state index contributed by atoms with van der Waals surface area (Å²) in [5, 5.41) is 11.1. The van der Waals surface area contributed by atoms with E-state index in [4.69, 9.17) is 9.15 Å². The Morgan fingerprint density at radius 1 is 1.32 bits per heavy atom. The number of pyridine rings is 1. The van der Waals surface area contributed by atoms with Gasteiger partial charge >= 0.3 is 5.97 Å². The van der Waals surface area contributed by atoms with Crippen LogP contribution in [0.5, 0.6) is 5.75 Å². The third-order valence-corrected chi connectivity index (χ3v) is 4.02. The normalized spacial score (nSPS) is 12.1. The second-order valence-corrected chi connectivity index (χ2v) is 5.72. The van der Waals surface area contributed by atoms with Crippen molar-refractivity contribution in [2.24, 2.45) is 0 Å². The summed E-state index contributed by atoms with van der Waals surface area (Å²) in [5.74, 6) is -1.20. The van der Waals surface area contributed by atoms with E-state index < -0.39 is 23.1 Å². The van der Waals surface area contributed by atoms with E-state index in [-0.39, 0.29) is 12.2 Å². The number of aryl methyl sites for hydroxylation is 1. The number of carbonyl (C=O) groups excluding carboxylic acids is 1. The second kappa shape index (κ2) is 6.76. The van der Waals surface area contributed by atoms with E-state index in [1.807, 2.05) is 24.3 Å². The molecule has 0 aliphatic carbocycles. The molecule has 0 radical (unpaired) electrons. The maximum atomic E-state index is 11.9. The third kappa shape index (κ3) is 3.38. The van der Waals surface area contributed by atoms with Gasteiger partial charge < -0.3 is 14.3 Å².